The molecule has 12 heteroatoms. The normalized spacial score (nSPS) is 13.8. The van der Waals surface area contributed by atoms with Crippen LogP contribution in [-0.2, 0) is 0 Å². The van der Waals surface area contributed by atoms with Crippen LogP contribution in [0, 0.1) is 0 Å². The lowest BCUT2D eigenvalue weighted by Gasteiger charge is -2.29. The zero-order chi connectivity index (χ0) is 24.5. The summed E-state index contributed by atoms with van der Waals surface area (Å²) in [5.74, 6) is 0.584. The second-order valence-electron chi connectivity index (χ2n) is 8.08. The first kappa shape index (κ1) is 22.5. The van der Waals surface area contributed by atoms with E-state index in [4.69, 9.17) is 11.6 Å². The van der Waals surface area contributed by atoms with E-state index in [0.29, 0.717) is 27.2 Å². The third-order valence-electron chi connectivity index (χ3n) is 5.82. The Hall–Kier alpha value is -3.93. The van der Waals surface area contributed by atoms with Gasteiger partial charge in [-0.3, -0.25) is 4.79 Å². The molecule has 0 unspecified atom stereocenters. The molecule has 10 nitrogen and oxygen atoms in total. The van der Waals surface area contributed by atoms with E-state index in [0.717, 1.165) is 31.9 Å². The van der Waals surface area contributed by atoms with Crippen molar-refractivity contribution >= 4 is 51.2 Å². The fraction of sp³-hybridized carbons (Fsp3) is 0.167. The summed E-state index contributed by atoms with van der Waals surface area (Å²) in [7, 11) is 0. The summed E-state index contributed by atoms with van der Waals surface area (Å²) in [6.45, 7) is 3.92. The van der Waals surface area contributed by atoms with Gasteiger partial charge in [-0.1, -0.05) is 11.6 Å². The largest absolute Gasteiger partial charge is 0.369 e. The van der Waals surface area contributed by atoms with E-state index in [1.165, 1.54) is 27.9 Å². The van der Waals surface area contributed by atoms with Gasteiger partial charge in [-0.25, -0.2) is 19.9 Å². The van der Waals surface area contributed by atoms with Crippen LogP contribution in [0.1, 0.15) is 0 Å². The molecular formula is C24H20ClN9OS. The van der Waals surface area contributed by atoms with Crippen LogP contribution in [0.25, 0.3) is 27.4 Å². The lowest BCUT2D eigenvalue weighted by atomic mass is 10.2. The average molecular weight is 518 g/mol. The van der Waals surface area contributed by atoms with E-state index < -0.39 is 5.56 Å². The number of halogens is 1. The molecule has 0 aliphatic carbocycles. The van der Waals surface area contributed by atoms with Gasteiger partial charge in [0.15, 0.2) is 5.82 Å². The Morgan fingerprint density at radius 3 is 2.61 bits per heavy atom. The summed E-state index contributed by atoms with van der Waals surface area (Å²) in [5, 5.41) is 14.2. The molecule has 0 atom stereocenters. The van der Waals surface area contributed by atoms with Gasteiger partial charge in [0.2, 0.25) is 5.95 Å². The van der Waals surface area contributed by atoms with E-state index in [-0.39, 0.29) is 11.2 Å². The van der Waals surface area contributed by atoms with E-state index in [1.807, 2.05) is 17.5 Å². The van der Waals surface area contributed by atoms with E-state index in [9.17, 15) is 4.79 Å². The van der Waals surface area contributed by atoms with Crippen LogP contribution < -0.4 is 21.1 Å². The minimum absolute atomic E-state index is 0.232. The van der Waals surface area contributed by atoms with Crippen molar-refractivity contribution in [2.75, 3.05) is 36.4 Å². The summed E-state index contributed by atoms with van der Waals surface area (Å²) in [4.78, 5) is 33.4. The van der Waals surface area contributed by atoms with Gasteiger partial charge in [-0.05, 0) is 36.4 Å². The maximum atomic E-state index is 13.3. The molecule has 5 heterocycles. The third kappa shape index (κ3) is 4.28. The number of anilines is 3. The fourth-order valence-electron chi connectivity index (χ4n) is 4.05. The molecule has 1 aliphatic heterocycles. The molecule has 0 bridgehead atoms. The van der Waals surface area contributed by atoms with Gasteiger partial charge in [0.05, 0.1) is 10.4 Å². The molecular weight excluding hydrogens is 498 g/mol. The minimum Gasteiger partial charge on any atom is -0.369 e. The Morgan fingerprint density at radius 2 is 1.86 bits per heavy atom. The van der Waals surface area contributed by atoms with Crippen LogP contribution >= 0.6 is 22.9 Å². The molecule has 180 valence electrons. The summed E-state index contributed by atoms with van der Waals surface area (Å²) in [5.41, 5.74) is 2.43. The molecule has 1 fully saturated rings. The predicted octanol–water partition coefficient (Wildman–Crippen LogP) is 3.50. The van der Waals surface area contributed by atoms with Crippen molar-refractivity contribution in [1.29, 1.82) is 0 Å². The van der Waals surface area contributed by atoms with Crippen molar-refractivity contribution in [2.45, 2.75) is 0 Å². The first-order valence-corrected chi connectivity index (χ1v) is 12.6. The highest BCUT2D eigenvalue weighted by atomic mass is 35.5. The van der Waals surface area contributed by atoms with E-state index in [2.05, 4.69) is 52.7 Å². The van der Waals surface area contributed by atoms with Crippen LogP contribution in [-0.4, -0.2) is 55.9 Å². The zero-order valence-electron chi connectivity index (χ0n) is 18.9. The first-order valence-electron chi connectivity index (χ1n) is 11.3. The maximum Gasteiger partial charge on any atom is 0.284 e. The lowest BCUT2D eigenvalue weighted by Crippen LogP contribution is -2.43. The van der Waals surface area contributed by atoms with Crippen LogP contribution in [0.15, 0.2) is 65.2 Å². The summed E-state index contributed by atoms with van der Waals surface area (Å²) >= 11 is 7.71. The molecule has 4 aromatic heterocycles. The highest BCUT2D eigenvalue weighted by Crippen LogP contribution is 2.28. The Bertz CT molecular complexity index is 1580. The van der Waals surface area contributed by atoms with Crippen molar-refractivity contribution in [1.82, 2.24) is 35.0 Å². The van der Waals surface area contributed by atoms with Gasteiger partial charge < -0.3 is 15.5 Å². The highest BCUT2D eigenvalue weighted by molar-refractivity contribution is 7.13. The number of benzene rings is 1. The van der Waals surface area contributed by atoms with E-state index >= 15 is 0 Å². The minimum atomic E-state index is -0.419. The van der Waals surface area contributed by atoms with Crippen LogP contribution in [0.5, 0.6) is 0 Å². The molecule has 2 N–H and O–H groups in total. The molecule has 0 spiro atoms. The third-order valence-corrected chi connectivity index (χ3v) is 6.89. The Morgan fingerprint density at radius 1 is 1.03 bits per heavy atom. The molecule has 1 saturated heterocycles. The second-order valence-corrected chi connectivity index (χ2v) is 9.38. The number of hydrogen-bond acceptors (Lipinski definition) is 10. The smallest absolute Gasteiger partial charge is 0.284 e. The predicted molar refractivity (Wildman–Crippen MR) is 142 cm³/mol. The molecule has 1 aromatic carbocycles. The van der Waals surface area contributed by atoms with Crippen LogP contribution in [0.3, 0.4) is 0 Å². The number of rotatable bonds is 5. The van der Waals surface area contributed by atoms with Gasteiger partial charge in [-0.2, -0.15) is 9.78 Å². The number of hydrogen-bond donors (Lipinski definition) is 2. The Labute approximate surface area is 214 Å². The number of pyridine rings is 1. The summed E-state index contributed by atoms with van der Waals surface area (Å²) < 4.78 is 1.17. The number of fused-ring (bicyclic) bond motifs is 1. The molecule has 6 rings (SSSR count). The van der Waals surface area contributed by atoms with Crippen molar-refractivity contribution in [3.8, 4) is 16.5 Å². The molecule has 1 aliphatic rings. The molecule has 0 saturated carbocycles. The molecule has 0 radical (unpaired) electrons. The van der Waals surface area contributed by atoms with E-state index in [1.54, 1.807) is 24.5 Å². The summed E-state index contributed by atoms with van der Waals surface area (Å²) in [6.07, 6.45) is 4.73. The monoisotopic (exact) mass is 517 g/mol. The van der Waals surface area contributed by atoms with Gasteiger partial charge in [0.1, 0.15) is 16.2 Å². The standard InChI is InChI=1S/C24H20ClN9OS/c25-18-2-1-7-27-21(18)34-23(35)17-14-29-24(31-19(17)20(32-34)22-28-10-13-36-22)30-15-3-5-16(6-4-15)33-11-8-26-9-12-33/h1-7,10,13-14,26H,8-9,11-12H2,(H,29,30,31). The number of piperazine rings is 1. The van der Waals surface area contributed by atoms with Crippen molar-refractivity contribution in [3.05, 3.63) is 75.7 Å². The lowest BCUT2D eigenvalue weighted by molar-refractivity contribution is 0.589. The first-order chi connectivity index (χ1) is 17.7. The topological polar surface area (TPSA) is 114 Å². The number of nitrogens with zero attached hydrogens (tertiary/aromatic N) is 7. The summed E-state index contributed by atoms with van der Waals surface area (Å²) in [6, 6.07) is 11.5. The highest BCUT2D eigenvalue weighted by Gasteiger charge is 2.19. The second kappa shape index (κ2) is 9.61. The van der Waals surface area contributed by atoms with Crippen molar-refractivity contribution < 1.29 is 0 Å². The molecule has 0 amide bonds. The number of thiazole rings is 1. The van der Waals surface area contributed by atoms with Crippen molar-refractivity contribution in [3.63, 3.8) is 0 Å². The SMILES string of the molecule is O=c1c2cnc(Nc3ccc(N4CCNCC4)cc3)nc2c(-c2nccs2)nn1-c1ncccc1Cl. The van der Waals surface area contributed by atoms with Crippen LogP contribution in [0.4, 0.5) is 17.3 Å². The molecule has 36 heavy (non-hydrogen) atoms. The quantitative estimate of drug-likeness (QED) is 0.361. The number of aromatic nitrogens is 6. The van der Waals surface area contributed by atoms with Gasteiger partial charge in [0.25, 0.3) is 5.56 Å². The van der Waals surface area contributed by atoms with Gasteiger partial charge in [0, 0.05) is 61.5 Å². The molecule has 5 aromatic rings. The maximum absolute atomic E-state index is 13.3. The van der Waals surface area contributed by atoms with Gasteiger partial charge >= 0.3 is 0 Å². The van der Waals surface area contributed by atoms with Gasteiger partial charge in [-0.15, -0.1) is 11.3 Å². The average Bonchev–Trinajstić information content (AvgIpc) is 3.45. The zero-order valence-corrected chi connectivity index (χ0v) is 20.5. The van der Waals surface area contributed by atoms with Crippen LogP contribution in [0.2, 0.25) is 5.02 Å². The van der Waals surface area contributed by atoms with Crippen molar-refractivity contribution in [2.24, 2.45) is 0 Å². The number of nitrogens with one attached hydrogen (secondary N) is 2. The fourth-order valence-corrected chi connectivity index (χ4v) is 4.88. The Kier molecular flexibility index (Phi) is 6.01. The Balaban J connectivity index is 1.39.